The van der Waals surface area contributed by atoms with Gasteiger partial charge in [0.05, 0.1) is 12.3 Å². The van der Waals surface area contributed by atoms with Crippen LogP contribution in [0.4, 0.5) is 5.69 Å². The van der Waals surface area contributed by atoms with Gasteiger partial charge in [-0.15, -0.1) is 0 Å². The Morgan fingerprint density at radius 2 is 2.25 bits per heavy atom. The SMILES string of the molecule is CN1CCO[C@@H](C(=O)N2CCCc3cccc(O)c32)C1. The number of para-hydroxylation sites is 1. The Labute approximate surface area is 118 Å². The van der Waals surface area contributed by atoms with E-state index >= 15 is 0 Å². The number of phenols is 1. The molecule has 0 aliphatic carbocycles. The Kier molecular flexibility index (Phi) is 3.63. The molecule has 2 aliphatic heterocycles. The van der Waals surface area contributed by atoms with Gasteiger partial charge < -0.3 is 19.6 Å². The van der Waals surface area contributed by atoms with Crippen LogP contribution in [0, 0.1) is 0 Å². The van der Waals surface area contributed by atoms with E-state index in [0.717, 1.165) is 24.9 Å². The number of carbonyl (C=O) groups is 1. The number of benzene rings is 1. The number of hydrogen-bond donors (Lipinski definition) is 1. The van der Waals surface area contributed by atoms with Crippen LogP contribution in [0.15, 0.2) is 18.2 Å². The van der Waals surface area contributed by atoms with E-state index in [1.54, 1.807) is 11.0 Å². The number of fused-ring (bicyclic) bond motifs is 1. The number of nitrogens with zero attached hydrogens (tertiary/aromatic N) is 2. The first-order valence-electron chi connectivity index (χ1n) is 7.09. The molecule has 1 fully saturated rings. The molecule has 1 amide bonds. The molecule has 5 nitrogen and oxygen atoms in total. The van der Waals surface area contributed by atoms with E-state index < -0.39 is 6.10 Å². The van der Waals surface area contributed by atoms with Gasteiger partial charge in [-0.05, 0) is 31.5 Å². The van der Waals surface area contributed by atoms with Gasteiger partial charge in [-0.1, -0.05) is 12.1 Å². The van der Waals surface area contributed by atoms with Gasteiger partial charge in [-0.25, -0.2) is 0 Å². The van der Waals surface area contributed by atoms with Crippen molar-refractivity contribution in [1.82, 2.24) is 4.90 Å². The highest BCUT2D eigenvalue weighted by atomic mass is 16.5. The quantitative estimate of drug-likeness (QED) is 0.831. The Bertz CT molecular complexity index is 518. The average Bonchev–Trinajstić information content (AvgIpc) is 2.46. The molecule has 0 bridgehead atoms. The molecular formula is C15H20N2O3. The summed E-state index contributed by atoms with van der Waals surface area (Å²) in [4.78, 5) is 16.5. The summed E-state index contributed by atoms with van der Waals surface area (Å²) in [5.41, 5.74) is 1.70. The molecule has 20 heavy (non-hydrogen) atoms. The molecule has 1 atom stereocenters. The Hall–Kier alpha value is -1.59. The number of ether oxygens (including phenoxy) is 1. The summed E-state index contributed by atoms with van der Waals surface area (Å²) in [5, 5.41) is 10.1. The highest BCUT2D eigenvalue weighted by Gasteiger charge is 2.33. The Balaban J connectivity index is 1.86. The van der Waals surface area contributed by atoms with Crippen molar-refractivity contribution in [1.29, 1.82) is 0 Å². The summed E-state index contributed by atoms with van der Waals surface area (Å²) < 4.78 is 5.60. The zero-order valence-corrected chi connectivity index (χ0v) is 11.7. The van der Waals surface area contributed by atoms with E-state index in [4.69, 9.17) is 4.74 Å². The van der Waals surface area contributed by atoms with Crippen molar-refractivity contribution in [3.63, 3.8) is 0 Å². The van der Waals surface area contributed by atoms with Crippen LogP contribution in [-0.2, 0) is 16.0 Å². The van der Waals surface area contributed by atoms with Crippen molar-refractivity contribution in [3.05, 3.63) is 23.8 Å². The number of aromatic hydroxyl groups is 1. The largest absolute Gasteiger partial charge is 0.506 e. The van der Waals surface area contributed by atoms with Crippen molar-refractivity contribution < 1.29 is 14.6 Å². The fourth-order valence-electron chi connectivity index (χ4n) is 2.95. The van der Waals surface area contributed by atoms with Gasteiger partial charge in [0.1, 0.15) is 11.9 Å². The smallest absolute Gasteiger partial charge is 0.257 e. The lowest BCUT2D eigenvalue weighted by Crippen LogP contribution is -2.51. The van der Waals surface area contributed by atoms with E-state index in [0.29, 0.717) is 25.4 Å². The number of hydrogen-bond acceptors (Lipinski definition) is 4. The molecule has 5 heteroatoms. The molecule has 2 aliphatic rings. The van der Waals surface area contributed by atoms with Crippen LogP contribution in [0.25, 0.3) is 0 Å². The van der Waals surface area contributed by atoms with E-state index in [2.05, 4.69) is 4.90 Å². The van der Waals surface area contributed by atoms with Gasteiger partial charge in [-0.2, -0.15) is 0 Å². The van der Waals surface area contributed by atoms with E-state index in [1.807, 2.05) is 19.2 Å². The van der Waals surface area contributed by atoms with Crippen LogP contribution in [0.1, 0.15) is 12.0 Å². The molecule has 3 rings (SSSR count). The second-order valence-corrected chi connectivity index (χ2v) is 5.50. The number of aryl methyl sites for hydroxylation is 1. The molecule has 1 saturated heterocycles. The first-order chi connectivity index (χ1) is 9.66. The van der Waals surface area contributed by atoms with Crippen LogP contribution >= 0.6 is 0 Å². The predicted octanol–water partition coefficient (Wildman–Crippen LogP) is 1.00. The third-order valence-electron chi connectivity index (χ3n) is 4.01. The second kappa shape index (κ2) is 5.42. The number of amides is 1. The third-order valence-corrected chi connectivity index (χ3v) is 4.01. The number of likely N-dealkylation sites (N-methyl/N-ethyl adjacent to an activating group) is 1. The van der Waals surface area contributed by atoms with Crippen molar-refractivity contribution in [2.24, 2.45) is 0 Å². The fraction of sp³-hybridized carbons (Fsp3) is 0.533. The van der Waals surface area contributed by atoms with Crippen LogP contribution in [-0.4, -0.2) is 55.3 Å². The maximum absolute atomic E-state index is 12.7. The van der Waals surface area contributed by atoms with Crippen molar-refractivity contribution in [2.75, 3.05) is 38.2 Å². The lowest BCUT2D eigenvalue weighted by Gasteiger charge is -2.35. The summed E-state index contributed by atoms with van der Waals surface area (Å²) in [6, 6.07) is 5.44. The van der Waals surface area contributed by atoms with Crippen LogP contribution in [0.5, 0.6) is 5.75 Å². The highest BCUT2D eigenvalue weighted by molar-refractivity contribution is 5.99. The van der Waals surface area contributed by atoms with Crippen LogP contribution in [0.2, 0.25) is 0 Å². The predicted molar refractivity (Wildman–Crippen MR) is 76.0 cm³/mol. The summed E-state index contributed by atoms with van der Waals surface area (Å²) in [5.74, 6) is 0.138. The monoisotopic (exact) mass is 276 g/mol. The van der Waals surface area contributed by atoms with E-state index in [1.165, 1.54) is 0 Å². The fourth-order valence-corrected chi connectivity index (χ4v) is 2.95. The van der Waals surface area contributed by atoms with Crippen LogP contribution < -0.4 is 4.90 Å². The van der Waals surface area contributed by atoms with Crippen LogP contribution in [0.3, 0.4) is 0 Å². The number of rotatable bonds is 1. The molecular weight excluding hydrogens is 256 g/mol. The topological polar surface area (TPSA) is 53.0 Å². The number of anilines is 1. The standard InChI is InChI=1S/C15H20N2O3/c1-16-8-9-20-13(10-16)15(19)17-7-3-5-11-4-2-6-12(18)14(11)17/h2,4,6,13,18H,3,5,7-10H2,1H3/t13-/m1/s1. The van der Waals surface area contributed by atoms with Gasteiger partial charge in [0, 0.05) is 19.6 Å². The number of phenolic OH excluding ortho intramolecular Hbond substituents is 1. The van der Waals surface area contributed by atoms with E-state index in [-0.39, 0.29) is 11.7 Å². The van der Waals surface area contributed by atoms with Gasteiger partial charge in [-0.3, -0.25) is 4.79 Å². The Morgan fingerprint density at radius 3 is 3.05 bits per heavy atom. The number of morpholine rings is 1. The van der Waals surface area contributed by atoms with Gasteiger partial charge in [0.25, 0.3) is 5.91 Å². The molecule has 1 aromatic rings. The zero-order valence-electron chi connectivity index (χ0n) is 11.7. The van der Waals surface area contributed by atoms with Crippen molar-refractivity contribution in [3.8, 4) is 5.75 Å². The number of carbonyl (C=O) groups excluding carboxylic acids is 1. The third kappa shape index (κ3) is 2.39. The summed E-state index contributed by atoms with van der Waals surface area (Å²) >= 11 is 0. The lowest BCUT2D eigenvalue weighted by atomic mass is 10.00. The molecule has 0 unspecified atom stereocenters. The molecule has 0 spiro atoms. The molecule has 1 aromatic carbocycles. The molecule has 2 heterocycles. The van der Waals surface area contributed by atoms with Gasteiger partial charge in [0.15, 0.2) is 0 Å². The first kappa shape index (κ1) is 13.4. The van der Waals surface area contributed by atoms with Crippen molar-refractivity contribution in [2.45, 2.75) is 18.9 Å². The van der Waals surface area contributed by atoms with E-state index in [9.17, 15) is 9.90 Å². The zero-order chi connectivity index (χ0) is 14.1. The average molecular weight is 276 g/mol. The maximum atomic E-state index is 12.7. The minimum absolute atomic E-state index is 0.0426. The molecule has 0 saturated carbocycles. The van der Waals surface area contributed by atoms with Gasteiger partial charge in [0.2, 0.25) is 0 Å². The summed E-state index contributed by atoms with van der Waals surface area (Å²) in [6.07, 6.45) is 1.39. The summed E-state index contributed by atoms with van der Waals surface area (Å²) in [6.45, 7) is 2.69. The second-order valence-electron chi connectivity index (χ2n) is 5.50. The minimum Gasteiger partial charge on any atom is -0.506 e. The highest BCUT2D eigenvalue weighted by Crippen LogP contribution is 2.35. The minimum atomic E-state index is -0.431. The molecule has 1 N–H and O–H groups in total. The molecule has 0 aromatic heterocycles. The lowest BCUT2D eigenvalue weighted by molar-refractivity contribution is -0.135. The Morgan fingerprint density at radius 1 is 1.40 bits per heavy atom. The maximum Gasteiger partial charge on any atom is 0.257 e. The normalized spacial score (nSPS) is 23.4. The molecule has 0 radical (unpaired) electrons. The first-order valence-corrected chi connectivity index (χ1v) is 7.09. The summed E-state index contributed by atoms with van der Waals surface area (Å²) in [7, 11) is 1.99. The van der Waals surface area contributed by atoms with Crippen molar-refractivity contribution >= 4 is 11.6 Å². The molecule has 108 valence electrons. The van der Waals surface area contributed by atoms with Gasteiger partial charge >= 0.3 is 0 Å².